The van der Waals surface area contributed by atoms with Crippen LogP contribution < -0.4 is 15.5 Å². The highest BCUT2D eigenvalue weighted by Crippen LogP contribution is 2.30. The quantitative estimate of drug-likeness (QED) is 0.734. The van der Waals surface area contributed by atoms with E-state index in [4.69, 9.17) is 9.97 Å². The third-order valence-corrected chi connectivity index (χ3v) is 6.63. The van der Waals surface area contributed by atoms with Gasteiger partial charge in [0.2, 0.25) is 5.95 Å². The van der Waals surface area contributed by atoms with Crippen LogP contribution >= 0.6 is 0 Å². The molecule has 1 heterocycles. The second-order valence-corrected chi connectivity index (χ2v) is 9.34. The number of aromatic nitrogens is 2. The first-order valence-corrected chi connectivity index (χ1v) is 11.7. The molecule has 1 amide bonds. The maximum atomic E-state index is 12.4. The molecule has 2 aliphatic carbocycles. The lowest BCUT2D eigenvalue weighted by Gasteiger charge is -2.30. The molecule has 6 nitrogen and oxygen atoms in total. The zero-order chi connectivity index (χ0) is 21.8. The summed E-state index contributed by atoms with van der Waals surface area (Å²) in [6.07, 6.45) is 8.98. The van der Waals surface area contributed by atoms with Crippen LogP contribution in [-0.4, -0.2) is 42.6 Å². The van der Waals surface area contributed by atoms with Crippen LogP contribution in [0.3, 0.4) is 0 Å². The topological polar surface area (TPSA) is 70.2 Å². The average Bonchev–Trinajstić information content (AvgIpc) is 2.78. The van der Waals surface area contributed by atoms with Crippen LogP contribution in [0.2, 0.25) is 0 Å². The second kappa shape index (κ2) is 9.67. The van der Waals surface area contributed by atoms with E-state index in [2.05, 4.69) is 29.6 Å². The Bertz CT molecular complexity index is 901. The molecule has 31 heavy (non-hydrogen) atoms. The van der Waals surface area contributed by atoms with Gasteiger partial charge in [0.15, 0.2) is 0 Å². The van der Waals surface area contributed by atoms with Gasteiger partial charge in [-0.3, -0.25) is 4.79 Å². The highest BCUT2D eigenvalue weighted by Gasteiger charge is 2.24. The van der Waals surface area contributed by atoms with Crippen LogP contribution in [0, 0.1) is 12.8 Å². The minimum absolute atomic E-state index is 0.0268. The Morgan fingerprint density at radius 1 is 1.03 bits per heavy atom. The van der Waals surface area contributed by atoms with Gasteiger partial charge < -0.3 is 15.5 Å². The van der Waals surface area contributed by atoms with E-state index < -0.39 is 0 Å². The van der Waals surface area contributed by atoms with E-state index >= 15 is 0 Å². The highest BCUT2D eigenvalue weighted by molar-refractivity contribution is 5.94. The molecular weight excluding hydrogens is 386 g/mol. The summed E-state index contributed by atoms with van der Waals surface area (Å²) in [5.74, 6) is 2.41. The van der Waals surface area contributed by atoms with Gasteiger partial charge in [0.05, 0.1) is 5.69 Å². The van der Waals surface area contributed by atoms with Gasteiger partial charge in [-0.1, -0.05) is 17.7 Å². The standard InChI is InChI=1S/C25H35N5O/c1-17-8-12-19(13-9-17)24(31)26-16-18-10-14-20(15-11-18)27-25-28-22-7-5-4-6-21(22)23(29-25)30(2)3/h8-9,12-13,18,20H,4-7,10-11,14-16H2,1-3H3,(H,26,31)(H,27,28,29)/t18-,20+. The van der Waals surface area contributed by atoms with Gasteiger partial charge in [-0.2, -0.15) is 4.98 Å². The van der Waals surface area contributed by atoms with Crippen molar-refractivity contribution in [3.8, 4) is 0 Å². The summed E-state index contributed by atoms with van der Waals surface area (Å²) >= 11 is 0. The number of amides is 1. The number of carbonyl (C=O) groups excluding carboxylic acids is 1. The number of benzene rings is 1. The molecule has 0 spiro atoms. The zero-order valence-corrected chi connectivity index (χ0v) is 19.1. The minimum Gasteiger partial charge on any atom is -0.362 e. The number of hydrogen-bond acceptors (Lipinski definition) is 5. The number of nitrogens with one attached hydrogen (secondary N) is 2. The predicted molar refractivity (Wildman–Crippen MR) is 126 cm³/mol. The number of hydrogen-bond donors (Lipinski definition) is 2. The number of rotatable bonds is 6. The molecule has 0 bridgehead atoms. The van der Waals surface area contributed by atoms with Crippen LogP contribution in [0.25, 0.3) is 0 Å². The van der Waals surface area contributed by atoms with E-state index in [9.17, 15) is 4.79 Å². The Hall–Kier alpha value is -2.63. The normalized spacial score (nSPS) is 20.6. The van der Waals surface area contributed by atoms with Crippen molar-refractivity contribution in [1.29, 1.82) is 0 Å². The summed E-state index contributed by atoms with van der Waals surface area (Å²) in [4.78, 5) is 24.2. The van der Waals surface area contributed by atoms with Crippen molar-refractivity contribution in [2.45, 2.75) is 64.3 Å². The fourth-order valence-corrected chi connectivity index (χ4v) is 4.75. The first-order valence-electron chi connectivity index (χ1n) is 11.7. The molecular formula is C25H35N5O. The molecule has 0 radical (unpaired) electrons. The van der Waals surface area contributed by atoms with Crippen LogP contribution in [0.15, 0.2) is 24.3 Å². The van der Waals surface area contributed by atoms with Gasteiger partial charge in [-0.05, 0) is 76.3 Å². The summed E-state index contributed by atoms with van der Waals surface area (Å²) in [5, 5.41) is 6.72. The molecule has 2 N–H and O–H groups in total. The maximum absolute atomic E-state index is 12.4. The summed E-state index contributed by atoms with van der Waals surface area (Å²) in [5.41, 5.74) is 4.46. The van der Waals surface area contributed by atoms with Crippen molar-refractivity contribution in [3.05, 3.63) is 46.6 Å². The van der Waals surface area contributed by atoms with Gasteiger partial charge in [0.1, 0.15) is 5.82 Å². The number of aryl methyl sites for hydroxylation is 2. The first-order chi connectivity index (χ1) is 15.0. The van der Waals surface area contributed by atoms with Crippen LogP contribution in [-0.2, 0) is 12.8 Å². The average molecular weight is 422 g/mol. The number of fused-ring (bicyclic) bond motifs is 1. The predicted octanol–water partition coefficient (Wildman–Crippen LogP) is 4.13. The summed E-state index contributed by atoms with van der Waals surface area (Å²) in [7, 11) is 4.13. The van der Waals surface area contributed by atoms with E-state index in [-0.39, 0.29) is 5.91 Å². The summed E-state index contributed by atoms with van der Waals surface area (Å²) < 4.78 is 0. The fourth-order valence-electron chi connectivity index (χ4n) is 4.75. The Morgan fingerprint density at radius 3 is 2.45 bits per heavy atom. The van der Waals surface area contributed by atoms with Crippen molar-refractivity contribution < 1.29 is 4.79 Å². The molecule has 0 unspecified atom stereocenters. The molecule has 1 aromatic carbocycles. The SMILES string of the molecule is Cc1ccc(C(=O)NC[C@H]2CC[C@@H](Nc3nc4c(c(N(C)C)n3)CCCC4)CC2)cc1. The smallest absolute Gasteiger partial charge is 0.251 e. The molecule has 166 valence electrons. The Labute approximate surface area is 185 Å². The van der Waals surface area contributed by atoms with Gasteiger partial charge >= 0.3 is 0 Å². The number of nitrogens with zero attached hydrogens (tertiary/aromatic N) is 3. The van der Waals surface area contributed by atoms with Crippen LogP contribution in [0.5, 0.6) is 0 Å². The Balaban J connectivity index is 1.29. The van der Waals surface area contributed by atoms with E-state index in [1.54, 1.807) is 0 Å². The lowest BCUT2D eigenvalue weighted by atomic mass is 9.86. The first kappa shape index (κ1) is 21.6. The lowest BCUT2D eigenvalue weighted by Crippen LogP contribution is -2.34. The third-order valence-electron chi connectivity index (χ3n) is 6.63. The van der Waals surface area contributed by atoms with Gasteiger partial charge in [0, 0.05) is 37.8 Å². The molecule has 6 heteroatoms. The second-order valence-electron chi connectivity index (χ2n) is 9.34. The molecule has 0 atom stereocenters. The molecule has 1 saturated carbocycles. The molecule has 2 aliphatic rings. The molecule has 0 aliphatic heterocycles. The van der Waals surface area contributed by atoms with Crippen molar-refractivity contribution in [3.63, 3.8) is 0 Å². The largest absolute Gasteiger partial charge is 0.362 e. The van der Waals surface area contributed by atoms with Crippen LogP contribution in [0.4, 0.5) is 11.8 Å². The van der Waals surface area contributed by atoms with Gasteiger partial charge in [-0.15, -0.1) is 0 Å². The minimum atomic E-state index is 0.0268. The fraction of sp³-hybridized carbons (Fsp3) is 0.560. The van der Waals surface area contributed by atoms with Crippen molar-refractivity contribution in [1.82, 2.24) is 15.3 Å². The van der Waals surface area contributed by atoms with Crippen molar-refractivity contribution in [2.24, 2.45) is 5.92 Å². The monoisotopic (exact) mass is 421 g/mol. The Kier molecular flexibility index (Phi) is 6.73. The molecule has 2 aromatic rings. The van der Waals surface area contributed by atoms with E-state index in [1.165, 1.54) is 29.7 Å². The van der Waals surface area contributed by atoms with Crippen LogP contribution in [0.1, 0.15) is 65.7 Å². The van der Waals surface area contributed by atoms with E-state index in [0.29, 0.717) is 12.0 Å². The van der Waals surface area contributed by atoms with Crippen molar-refractivity contribution in [2.75, 3.05) is 30.9 Å². The Morgan fingerprint density at radius 2 is 1.74 bits per heavy atom. The highest BCUT2D eigenvalue weighted by atomic mass is 16.1. The molecule has 0 saturated heterocycles. The summed E-state index contributed by atoms with van der Waals surface area (Å²) in [6, 6.07) is 8.16. The molecule has 1 aromatic heterocycles. The molecule has 4 rings (SSSR count). The summed E-state index contributed by atoms with van der Waals surface area (Å²) in [6.45, 7) is 2.78. The van der Waals surface area contributed by atoms with Crippen molar-refractivity contribution >= 4 is 17.7 Å². The van der Waals surface area contributed by atoms with Gasteiger partial charge in [0.25, 0.3) is 5.91 Å². The number of anilines is 2. The number of carbonyl (C=O) groups is 1. The molecule has 1 fully saturated rings. The lowest BCUT2D eigenvalue weighted by molar-refractivity contribution is 0.0943. The van der Waals surface area contributed by atoms with E-state index in [1.807, 2.05) is 31.2 Å². The van der Waals surface area contributed by atoms with E-state index in [0.717, 1.165) is 62.4 Å². The third kappa shape index (κ3) is 5.35. The maximum Gasteiger partial charge on any atom is 0.251 e. The zero-order valence-electron chi connectivity index (χ0n) is 19.1. The van der Waals surface area contributed by atoms with Gasteiger partial charge in [-0.25, -0.2) is 4.98 Å².